The van der Waals surface area contributed by atoms with E-state index in [0.717, 1.165) is 0 Å². The molecule has 0 saturated heterocycles. The van der Waals surface area contributed by atoms with Crippen LogP contribution in [0.3, 0.4) is 0 Å². The molecule has 2 heterocycles. The number of carbonyl (C=O) groups excluding carboxylic acids is 1. The second-order valence-corrected chi connectivity index (χ2v) is 3.22. The molecule has 0 aromatic carbocycles. The highest BCUT2D eigenvalue weighted by molar-refractivity contribution is 5.87. The van der Waals surface area contributed by atoms with Crippen LogP contribution in [0.2, 0.25) is 0 Å². The highest BCUT2D eigenvalue weighted by Gasteiger charge is 2.06. The Kier molecular flexibility index (Phi) is 2.90. The van der Waals surface area contributed by atoms with E-state index >= 15 is 0 Å². The molecule has 0 unspecified atom stereocenters. The lowest BCUT2D eigenvalue weighted by atomic mass is 10.4. The molecule has 0 fully saturated rings. The highest BCUT2D eigenvalue weighted by Crippen LogP contribution is 2.07. The van der Waals surface area contributed by atoms with Gasteiger partial charge in [-0.25, -0.2) is 4.79 Å². The molecular weight excluding hydrogens is 210 g/mol. The number of hydrogen-bond donors (Lipinski definition) is 2. The van der Waals surface area contributed by atoms with Gasteiger partial charge in [-0.3, -0.25) is 5.32 Å². The van der Waals surface area contributed by atoms with Crippen LogP contribution in [0.5, 0.6) is 0 Å². The Balaban J connectivity index is 1.81. The molecule has 0 aliphatic heterocycles. The molecule has 2 amide bonds. The van der Waals surface area contributed by atoms with Gasteiger partial charge in [-0.2, -0.15) is 0 Å². The largest absolute Gasteiger partial charge is 0.467 e. The topological polar surface area (TPSA) is 80.3 Å². The lowest BCUT2D eigenvalue weighted by Crippen LogP contribution is -2.27. The van der Waals surface area contributed by atoms with Gasteiger partial charge in [0.05, 0.1) is 18.5 Å². The Morgan fingerprint density at radius 2 is 2.44 bits per heavy atom. The fourth-order valence-corrected chi connectivity index (χ4v) is 1.16. The molecule has 0 aliphatic rings. The summed E-state index contributed by atoms with van der Waals surface area (Å²) in [5, 5.41) is 8.76. The SMILES string of the molecule is Cc1cc(NC(=O)NCc2ccco2)on1. The average Bonchev–Trinajstić information content (AvgIpc) is 2.87. The van der Waals surface area contributed by atoms with Crippen LogP contribution in [-0.4, -0.2) is 11.2 Å². The minimum atomic E-state index is -0.368. The number of nitrogens with zero attached hydrogens (tertiary/aromatic N) is 1. The van der Waals surface area contributed by atoms with Crippen LogP contribution in [0.25, 0.3) is 0 Å². The van der Waals surface area contributed by atoms with Crippen LogP contribution in [0.1, 0.15) is 11.5 Å². The minimum absolute atomic E-state index is 0.314. The first kappa shape index (κ1) is 10.3. The molecule has 16 heavy (non-hydrogen) atoms. The van der Waals surface area contributed by atoms with Crippen molar-refractivity contribution >= 4 is 11.9 Å². The molecule has 2 aromatic rings. The van der Waals surface area contributed by atoms with Gasteiger partial charge < -0.3 is 14.3 Å². The summed E-state index contributed by atoms with van der Waals surface area (Å²) in [5.74, 6) is 0.998. The molecule has 0 radical (unpaired) electrons. The summed E-state index contributed by atoms with van der Waals surface area (Å²) in [4.78, 5) is 11.4. The Morgan fingerprint density at radius 1 is 1.56 bits per heavy atom. The van der Waals surface area contributed by atoms with Gasteiger partial charge in [0.2, 0.25) is 5.88 Å². The van der Waals surface area contributed by atoms with Gasteiger partial charge in [-0.15, -0.1) is 0 Å². The van der Waals surface area contributed by atoms with Gasteiger partial charge in [0.1, 0.15) is 5.76 Å². The molecule has 2 aromatic heterocycles. The molecule has 6 heteroatoms. The van der Waals surface area contributed by atoms with E-state index in [2.05, 4.69) is 15.8 Å². The smallest absolute Gasteiger partial charge is 0.322 e. The number of hydrogen-bond acceptors (Lipinski definition) is 4. The zero-order valence-electron chi connectivity index (χ0n) is 8.69. The van der Waals surface area contributed by atoms with E-state index in [1.54, 1.807) is 31.4 Å². The van der Waals surface area contributed by atoms with Crippen molar-refractivity contribution in [1.29, 1.82) is 0 Å². The first-order valence-corrected chi connectivity index (χ1v) is 4.74. The van der Waals surface area contributed by atoms with Crippen molar-refractivity contribution in [2.75, 3.05) is 5.32 Å². The van der Waals surface area contributed by atoms with Gasteiger partial charge >= 0.3 is 6.03 Å². The van der Waals surface area contributed by atoms with E-state index in [1.807, 2.05) is 0 Å². The summed E-state index contributed by atoms with van der Waals surface area (Å²) in [6.45, 7) is 2.10. The zero-order valence-corrected chi connectivity index (χ0v) is 8.69. The van der Waals surface area contributed by atoms with E-state index < -0.39 is 0 Å². The minimum Gasteiger partial charge on any atom is -0.467 e. The maximum absolute atomic E-state index is 11.4. The normalized spacial score (nSPS) is 10.1. The predicted molar refractivity (Wildman–Crippen MR) is 55.8 cm³/mol. The average molecular weight is 221 g/mol. The van der Waals surface area contributed by atoms with E-state index in [0.29, 0.717) is 23.9 Å². The monoisotopic (exact) mass is 221 g/mol. The van der Waals surface area contributed by atoms with Gasteiger partial charge in [-0.05, 0) is 19.1 Å². The third kappa shape index (κ3) is 2.63. The summed E-state index contributed by atoms with van der Waals surface area (Å²) in [6, 6.07) is 4.80. The van der Waals surface area contributed by atoms with Crippen molar-refractivity contribution in [1.82, 2.24) is 10.5 Å². The second kappa shape index (κ2) is 4.52. The number of nitrogens with one attached hydrogen (secondary N) is 2. The van der Waals surface area contributed by atoms with Crippen LogP contribution in [0.15, 0.2) is 33.4 Å². The summed E-state index contributed by atoms with van der Waals surface area (Å²) in [5.41, 5.74) is 0.710. The van der Waals surface area contributed by atoms with Gasteiger partial charge in [0, 0.05) is 6.07 Å². The molecule has 0 saturated carbocycles. The molecule has 0 aliphatic carbocycles. The zero-order chi connectivity index (χ0) is 11.4. The number of urea groups is 1. The van der Waals surface area contributed by atoms with E-state index in [1.165, 1.54) is 0 Å². The number of aryl methyl sites for hydroxylation is 1. The third-order valence-corrected chi connectivity index (χ3v) is 1.87. The molecule has 0 spiro atoms. The summed E-state index contributed by atoms with van der Waals surface area (Å²) in [6.07, 6.45) is 1.55. The van der Waals surface area contributed by atoms with E-state index in [9.17, 15) is 4.79 Å². The van der Waals surface area contributed by atoms with Crippen molar-refractivity contribution in [2.45, 2.75) is 13.5 Å². The second-order valence-electron chi connectivity index (χ2n) is 3.22. The molecule has 6 nitrogen and oxygen atoms in total. The van der Waals surface area contributed by atoms with E-state index in [-0.39, 0.29) is 6.03 Å². The Bertz CT molecular complexity index is 461. The summed E-state index contributed by atoms with van der Waals surface area (Å²) in [7, 11) is 0. The number of amides is 2. The van der Waals surface area contributed by atoms with Gasteiger partial charge in [-0.1, -0.05) is 5.16 Å². The highest BCUT2D eigenvalue weighted by atomic mass is 16.5. The number of anilines is 1. The predicted octanol–water partition coefficient (Wildman–Crippen LogP) is 1.90. The first-order valence-electron chi connectivity index (χ1n) is 4.74. The van der Waals surface area contributed by atoms with Crippen molar-refractivity contribution < 1.29 is 13.7 Å². The maximum atomic E-state index is 11.4. The fraction of sp³-hybridized carbons (Fsp3) is 0.200. The molecular formula is C10H11N3O3. The fourth-order valence-electron chi connectivity index (χ4n) is 1.16. The van der Waals surface area contributed by atoms with Gasteiger partial charge in [0.25, 0.3) is 0 Å². The number of carbonyl (C=O) groups is 1. The first-order chi connectivity index (χ1) is 7.74. The Hall–Kier alpha value is -2.24. The van der Waals surface area contributed by atoms with Crippen LogP contribution in [0.4, 0.5) is 10.7 Å². The molecule has 0 bridgehead atoms. The number of rotatable bonds is 3. The van der Waals surface area contributed by atoms with E-state index in [4.69, 9.17) is 8.94 Å². The lowest BCUT2D eigenvalue weighted by molar-refractivity contribution is 0.250. The Labute approximate surface area is 91.6 Å². The van der Waals surface area contributed by atoms with Crippen molar-refractivity contribution in [3.63, 3.8) is 0 Å². The third-order valence-electron chi connectivity index (χ3n) is 1.87. The number of aromatic nitrogens is 1. The summed E-state index contributed by atoms with van der Waals surface area (Å²) < 4.78 is 9.89. The van der Waals surface area contributed by atoms with Crippen LogP contribution in [-0.2, 0) is 6.54 Å². The maximum Gasteiger partial charge on any atom is 0.322 e. The molecule has 2 rings (SSSR count). The van der Waals surface area contributed by atoms with Crippen molar-refractivity contribution in [3.8, 4) is 0 Å². The van der Waals surface area contributed by atoms with Crippen molar-refractivity contribution in [3.05, 3.63) is 35.9 Å². The van der Waals surface area contributed by atoms with Crippen LogP contribution < -0.4 is 10.6 Å². The molecule has 0 atom stereocenters. The molecule has 2 N–H and O–H groups in total. The van der Waals surface area contributed by atoms with Crippen molar-refractivity contribution in [2.24, 2.45) is 0 Å². The molecule has 84 valence electrons. The van der Waals surface area contributed by atoms with Gasteiger partial charge in [0.15, 0.2) is 0 Å². The summed E-state index contributed by atoms with van der Waals surface area (Å²) >= 11 is 0. The Morgan fingerprint density at radius 3 is 3.06 bits per heavy atom. The van der Waals surface area contributed by atoms with Crippen LogP contribution in [0, 0.1) is 6.92 Å². The van der Waals surface area contributed by atoms with Crippen LogP contribution >= 0.6 is 0 Å². The number of furan rings is 1. The quantitative estimate of drug-likeness (QED) is 0.829. The lowest BCUT2D eigenvalue weighted by Gasteiger charge is -2.02. The standard InChI is InChI=1S/C10H11N3O3/c1-7-5-9(16-13-7)12-10(14)11-6-8-3-2-4-15-8/h2-5H,6H2,1H3,(H2,11,12,14).